The zero-order valence-electron chi connectivity index (χ0n) is 10.4. The Kier molecular flexibility index (Phi) is 3.57. The zero-order valence-corrected chi connectivity index (χ0v) is 10.4. The summed E-state index contributed by atoms with van der Waals surface area (Å²) in [5.74, 6) is -0.181. The van der Waals surface area contributed by atoms with Gasteiger partial charge in [0.1, 0.15) is 11.4 Å². The molecule has 0 aromatic heterocycles. The van der Waals surface area contributed by atoms with Crippen LogP contribution in [0.15, 0.2) is 24.3 Å². The number of carbonyl (C=O) groups is 1. The van der Waals surface area contributed by atoms with Crippen LogP contribution in [0.4, 0.5) is 0 Å². The number of carboxylic acids is 1. The molecule has 0 radical (unpaired) electrons. The molecule has 98 valence electrons. The molecular weight excluding hydrogens is 232 g/mol. The highest BCUT2D eigenvalue weighted by molar-refractivity contribution is 5.69. The van der Waals surface area contributed by atoms with Gasteiger partial charge in [-0.1, -0.05) is 12.1 Å². The molecule has 0 amide bonds. The van der Waals surface area contributed by atoms with Crippen molar-refractivity contribution in [3.8, 4) is 5.75 Å². The standard InChI is InChI=1S/C14H18O4/c1-2-18-12-7-5-11(6-8-12)14(17,9-13(15)16)10-3-4-10/h5-8,10,17H,2-4,9H2,1H3,(H,15,16). The van der Waals surface area contributed by atoms with E-state index >= 15 is 0 Å². The van der Waals surface area contributed by atoms with Gasteiger partial charge < -0.3 is 14.9 Å². The second kappa shape index (κ2) is 4.98. The van der Waals surface area contributed by atoms with Crippen LogP contribution in [0.5, 0.6) is 5.75 Å². The molecule has 0 heterocycles. The van der Waals surface area contributed by atoms with Crippen LogP contribution in [-0.4, -0.2) is 22.8 Å². The van der Waals surface area contributed by atoms with Crippen LogP contribution in [0.3, 0.4) is 0 Å². The largest absolute Gasteiger partial charge is 0.494 e. The summed E-state index contributed by atoms with van der Waals surface area (Å²) in [4.78, 5) is 10.9. The molecule has 4 heteroatoms. The summed E-state index contributed by atoms with van der Waals surface area (Å²) in [6.45, 7) is 2.49. The maximum Gasteiger partial charge on any atom is 0.306 e. The van der Waals surface area contributed by atoms with Crippen LogP contribution in [0.1, 0.15) is 31.7 Å². The van der Waals surface area contributed by atoms with Gasteiger partial charge in [-0.25, -0.2) is 0 Å². The van der Waals surface area contributed by atoms with Crippen molar-refractivity contribution in [3.05, 3.63) is 29.8 Å². The molecule has 0 spiro atoms. The molecule has 1 aromatic rings. The predicted molar refractivity (Wildman–Crippen MR) is 66.5 cm³/mol. The highest BCUT2D eigenvalue weighted by Crippen LogP contribution is 2.47. The summed E-state index contributed by atoms with van der Waals surface area (Å²) >= 11 is 0. The highest BCUT2D eigenvalue weighted by Gasteiger charge is 2.46. The maximum atomic E-state index is 10.9. The molecule has 4 nitrogen and oxygen atoms in total. The third-order valence-corrected chi connectivity index (χ3v) is 3.34. The van der Waals surface area contributed by atoms with Crippen LogP contribution in [0, 0.1) is 5.92 Å². The number of rotatable bonds is 6. The van der Waals surface area contributed by atoms with Gasteiger partial charge in [0.2, 0.25) is 0 Å². The molecule has 2 N–H and O–H groups in total. The van der Waals surface area contributed by atoms with E-state index in [1.807, 2.05) is 6.92 Å². The Hall–Kier alpha value is -1.55. The van der Waals surface area contributed by atoms with Crippen molar-refractivity contribution in [1.82, 2.24) is 0 Å². The van der Waals surface area contributed by atoms with Gasteiger partial charge in [-0.05, 0) is 43.4 Å². The molecule has 1 saturated carbocycles. The SMILES string of the molecule is CCOc1ccc(C(O)(CC(=O)O)C2CC2)cc1. The first-order valence-corrected chi connectivity index (χ1v) is 6.23. The molecule has 0 aliphatic heterocycles. The molecule has 1 aliphatic rings. The minimum absolute atomic E-state index is 0.0616. The molecule has 1 aromatic carbocycles. The van der Waals surface area contributed by atoms with Crippen molar-refractivity contribution in [3.63, 3.8) is 0 Å². The number of benzene rings is 1. The van der Waals surface area contributed by atoms with Gasteiger partial charge in [0, 0.05) is 0 Å². The van der Waals surface area contributed by atoms with Crippen LogP contribution < -0.4 is 4.74 Å². The first kappa shape index (κ1) is 12.9. The Morgan fingerprint density at radius 1 is 1.39 bits per heavy atom. The average molecular weight is 250 g/mol. The number of aliphatic hydroxyl groups is 1. The fourth-order valence-corrected chi connectivity index (χ4v) is 2.28. The van der Waals surface area contributed by atoms with Crippen molar-refractivity contribution in [2.75, 3.05) is 6.61 Å². The molecule has 1 aliphatic carbocycles. The van der Waals surface area contributed by atoms with Crippen molar-refractivity contribution >= 4 is 5.97 Å². The molecule has 1 atom stereocenters. The quantitative estimate of drug-likeness (QED) is 0.812. The van der Waals surface area contributed by atoms with Gasteiger partial charge in [-0.2, -0.15) is 0 Å². The summed E-state index contributed by atoms with van der Waals surface area (Å²) in [6, 6.07) is 7.06. The molecule has 1 unspecified atom stereocenters. The van der Waals surface area contributed by atoms with Gasteiger partial charge >= 0.3 is 5.97 Å². The Morgan fingerprint density at radius 3 is 2.44 bits per heavy atom. The lowest BCUT2D eigenvalue weighted by molar-refractivity contribution is -0.144. The zero-order chi connectivity index (χ0) is 13.2. The Bertz CT molecular complexity index is 422. The van der Waals surface area contributed by atoms with E-state index in [2.05, 4.69) is 0 Å². The first-order chi connectivity index (χ1) is 8.56. The number of hydrogen-bond acceptors (Lipinski definition) is 3. The average Bonchev–Trinajstić information content (AvgIpc) is 3.13. The summed E-state index contributed by atoms with van der Waals surface area (Å²) < 4.78 is 5.33. The van der Waals surface area contributed by atoms with Gasteiger partial charge in [-0.15, -0.1) is 0 Å². The van der Waals surface area contributed by atoms with Gasteiger partial charge in [0.25, 0.3) is 0 Å². The third kappa shape index (κ3) is 2.64. The normalized spacial score (nSPS) is 18.1. The van der Waals surface area contributed by atoms with E-state index < -0.39 is 11.6 Å². The van der Waals surface area contributed by atoms with Crippen molar-refractivity contribution in [2.24, 2.45) is 5.92 Å². The van der Waals surface area contributed by atoms with E-state index in [-0.39, 0.29) is 12.3 Å². The lowest BCUT2D eigenvalue weighted by atomic mass is 9.86. The van der Waals surface area contributed by atoms with Crippen LogP contribution in [0.25, 0.3) is 0 Å². The van der Waals surface area contributed by atoms with Gasteiger partial charge in [-0.3, -0.25) is 4.79 Å². The molecule has 1 fully saturated rings. The third-order valence-electron chi connectivity index (χ3n) is 3.34. The summed E-state index contributed by atoms with van der Waals surface area (Å²) in [6.07, 6.45) is 1.53. The maximum absolute atomic E-state index is 10.9. The molecule has 2 rings (SSSR count). The highest BCUT2D eigenvalue weighted by atomic mass is 16.5. The molecule has 0 saturated heterocycles. The van der Waals surface area contributed by atoms with Crippen molar-refractivity contribution < 1.29 is 19.7 Å². The first-order valence-electron chi connectivity index (χ1n) is 6.23. The summed E-state index contributed by atoms with van der Waals surface area (Å²) in [7, 11) is 0. The Balaban J connectivity index is 2.22. The van der Waals surface area contributed by atoms with E-state index in [4.69, 9.17) is 9.84 Å². The smallest absolute Gasteiger partial charge is 0.306 e. The fourth-order valence-electron chi connectivity index (χ4n) is 2.28. The second-order valence-corrected chi connectivity index (χ2v) is 4.73. The molecular formula is C14H18O4. The molecule has 18 heavy (non-hydrogen) atoms. The fraction of sp³-hybridized carbons (Fsp3) is 0.500. The van der Waals surface area contributed by atoms with E-state index in [9.17, 15) is 9.90 Å². The van der Waals surface area contributed by atoms with Crippen LogP contribution in [-0.2, 0) is 10.4 Å². The van der Waals surface area contributed by atoms with Crippen LogP contribution >= 0.6 is 0 Å². The lowest BCUT2D eigenvalue weighted by Gasteiger charge is -2.27. The predicted octanol–water partition coefficient (Wildman–Crippen LogP) is 2.16. The lowest BCUT2D eigenvalue weighted by Crippen LogP contribution is -2.31. The topological polar surface area (TPSA) is 66.8 Å². The molecule has 0 bridgehead atoms. The number of ether oxygens (including phenoxy) is 1. The van der Waals surface area contributed by atoms with E-state index in [0.717, 1.165) is 18.6 Å². The number of carboxylic acid groups (broad SMARTS) is 1. The van der Waals surface area contributed by atoms with Gasteiger partial charge in [0.05, 0.1) is 13.0 Å². The van der Waals surface area contributed by atoms with E-state index in [0.29, 0.717) is 12.2 Å². The van der Waals surface area contributed by atoms with Crippen molar-refractivity contribution in [1.29, 1.82) is 0 Å². The summed E-state index contributed by atoms with van der Waals surface area (Å²) in [5.41, 5.74) is -0.577. The number of aliphatic carboxylic acids is 1. The summed E-state index contributed by atoms with van der Waals surface area (Å²) in [5, 5.41) is 19.5. The number of hydrogen-bond donors (Lipinski definition) is 2. The van der Waals surface area contributed by atoms with Crippen molar-refractivity contribution in [2.45, 2.75) is 31.8 Å². The monoisotopic (exact) mass is 250 g/mol. The minimum Gasteiger partial charge on any atom is -0.494 e. The Morgan fingerprint density at radius 2 is 2.00 bits per heavy atom. The van der Waals surface area contributed by atoms with E-state index in [1.54, 1.807) is 24.3 Å². The van der Waals surface area contributed by atoms with E-state index in [1.165, 1.54) is 0 Å². The van der Waals surface area contributed by atoms with Gasteiger partial charge in [0.15, 0.2) is 0 Å². The Labute approximate surface area is 106 Å². The second-order valence-electron chi connectivity index (χ2n) is 4.73. The minimum atomic E-state index is -1.24. The van der Waals surface area contributed by atoms with Crippen LogP contribution in [0.2, 0.25) is 0 Å².